The molecule has 0 aliphatic carbocycles. The Morgan fingerprint density at radius 1 is 1.52 bits per heavy atom. The van der Waals surface area contributed by atoms with Crippen LogP contribution in [0.4, 0.5) is 4.79 Å². The van der Waals surface area contributed by atoms with Crippen molar-refractivity contribution in [1.82, 2.24) is 15.4 Å². The van der Waals surface area contributed by atoms with Crippen molar-refractivity contribution in [3.8, 4) is 0 Å². The van der Waals surface area contributed by atoms with Crippen LogP contribution in [-0.4, -0.2) is 53.0 Å². The molecule has 2 heterocycles. The molecule has 1 aromatic rings. The number of nitrogens with zero attached hydrogens (tertiary/aromatic N) is 2. The maximum absolute atomic E-state index is 11.6. The number of ether oxygens (including phenoxy) is 1. The predicted octanol–water partition coefficient (Wildman–Crippen LogP) is 1.08. The number of amides is 1. The highest BCUT2D eigenvalue weighted by Crippen LogP contribution is 2.12. The molecule has 0 saturated carbocycles. The number of hydrogen-bond acceptors (Lipinski definition) is 6. The fourth-order valence-electron chi connectivity index (χ4n) is 2.22. The summed E-state index contributed by atoms with van der Waals surface area (Å²) in [6.07, 6.45) is 1.37. The monoisotopic (exact) mass is 297 g/mol. The second kappa shape index (κ2) is 7.07. The zero-order chi connectivity index (χ0) is 15.2. The minimum Gasteiger partial charge on any atom is -0.476 e. The van der Waals surface area contributed by atoms with E-state index in [-0.39, 0.29) is 17.8 Å². The van der Waals surface area contributed by atoms with Gasteiger partial charge in [0.15, 0.2) is 11.5 Å². The third-order valence-corrected chi connectivity index (χ3v) is 3.36. The van der Waals surface area contributed by atoms with E-state index < -0.39 is 5.97 Å². The van der Waals surface area contributed by atoms with Gasteiger partial charge in [0.25, 0.3) is 0 Å². The Morgan fingerprint density at radius 3 is 2.81 bits per heavy atom. The van der Waals surface area contributed by atoms with Gasteiger partial charge in [-0.2, -0.15) is 0 Å². The zero-order valence-electron chi connectivity index (χ0n) is 11.9. The summed E-state index contributed by atoms with van der Waals surface area (Å²) in [4.78, 5) is 23.9. The first kappa shape index (κ1) is 15.3. The topological polar surface area (TPSA) is 105 Å². The largest absolute Gasteiger partial charge is 0.476 e. The van der Waals surface area contributed by atoms with Crippen molar-refractivity contribution in [3.63, 3.8) is 0 Å². The Bertz CT molecular complexity index is 494. The lowest BCUT2D eigenvalue weighted by atomic mass is 10.1. The quantitative estimate of drug-likeness (QED) is 0.837. The number of aromatic carboxylic acids is 1. The fourth-order valence-corrected chi connectivity index (χ4v) is 2.22. The van der Waals surface area contributed by atoms with E-state index in [2.05, 4.69) is 10.5 Å². The first-order valence-electron chi connectivity index (χ1n) is 6.94. The Hall–Kier alpha value is -2.09. The van der Waals surface area contributed by atoms with Crippen LogP contribution in [0.5, 0.6) is 0 Å². The minimum absolute atomic E-state index is 0.0936. The second-order valence-corrected chi connectivity index (χ2v) is 4.82. The molecule has 1 aliphatic rings. The Balaban J connectivity index is 1.73. The number of hydrogen-bond donors (Lipinski definition) is 2. The molecule has 8 nitrogen and oxygen atoms in total. The number of carbonyl (C=O) groups excluding carboxylic acids is 1. The average Bonchev–Trinajstić information content (AvgIpc) is 2.95. The summed E-state index contributed by atoms with van der Waals surface area (Å²) < 4.78 is 9.89. The van der Waals surface area contributed by atoms with Crippen LogP contribution in [0.1, 0.15) is 36.0 Å². The molecule has 0 radical (unpaired) electrons. The van der Waals surface area contributed by atoms with Gasteiger partial charge in [-0.15, -0.1) is 0 Å². The number of rotatable bonds is 5. The van der Waals surface area contributed by atoms with Crippen LogP contribution >= 0.6 is 0 Å². The van der Waals surface area contributed by atoms with Crippen LogP contribution in [0, 0.1) is 0 Å². The molecular formula is C13H19N3O5. The van der Waals surface area contributed by atoms with E-state index in [1.807, 2.05) is 0 Å². The fraction of sp³-hybridized carbons (Fsp3) is 0.615. The smallest absolute Gasteiger partial charge is 0.409 e. The van der Waals surface area contributed by atoms with Crippen molar-refractivity contribution in [3.05, 3.63) is 17.5 Å². The van der Waals surface area contributed by atoms with E-state index in [0.717, 1.165) is 12.8 Å². The van der Waals surface area contributed by atoms with Crippen molar-refractivity contribution in [2.24, 2.45) is 0 Å². The maximum Gasteiger partial charge on any atom is 0.409 e. The SMILES string of the molecule is CCOC(=O)N1CCC(NCc2cc(C(=O)O)no2)CC1. The van der Waals surface area contributed by atoms with Crippen molar-refractivity contribution < 1.29 is 24.0 Å². The highest BCUT2D eigenvalue weighted by atomic mass is 16.6. The summed E-state index contributed by atoms with van der Waals surface area (Å²) in [6, 6.07) is 1.66. The van der Waals surface area contributed by atoms with E-state index in [1.54, 1.807) is 11.8 Å². The summed E-state index contributed by atoms with van der Waals surface area (Å²) in [7, 11) is 0. The summed E-state index contributed by atoms with van der Waals surface area (Å²) in [5, 5.41) is 15.5. The number of aromatic nitrogens is 1. The number of carboxylic acid groups (broad SMARTS) is 1. The predicted molar refractivity (Wildman–Crippen MR) is 71.9 cm³/mol. The van der Waals surface area contributed by atoms with Gasteiger partial charge in [0, 0.05) is 25.2 Å². The molecule has 8 heteroatoms. The third-order valence-electron chi connectivity index (χ3n) is 3.36. The van der Waals surface area contributed by atoms with Crippen LogP contribution < -0.4 is 5.32 Å². The Morgan fingerprint density at radius 2 is 2.24 bits per heavy atom. The van der Waals surface area contributed by atoms with Crippen molar-refractivity contribution in [2.45, 2.75) is 32.4 Å². The number of piperidine rings is 1. The molecule has 0 atom stereocenters. The molecule has 1 aliphatic heterocycles. The second-order valence-electron chi connectivity index (χ2n) is 4.82. The molecule has 1 fully saturated rings. The summed E-state index contributed by atoms with van der Waals surface area (Å²) in [6.45, 7) is 3.88. The van der Waals surface area contributed by atoms with Gasteiger partial charge < -0.3 is 24.6 Å². The molecule has 1 aromatic heterocycles. The van der Waals surface area contributed by atoms with E-state index in [9.17, 15) is 9.59 Å². The van der Waals surface area contributed by atoms with E-state index in [1.165, 1.54) is 6.07 Å². The lowest BCUT2D eigenvalue weighted by Gasteiger charge is -2.31. The van der Waals surface area contributed by atoms with Crippen molar-refractivity contribution in [2.75, 3.05) is 19.7 Å². The molecular weight excluding hydrogens is 278 g/mol. The van der Waals surface area contributed by atoms with Gasteiger partial charge >= 0.3 is 12.1 Å². The first-order chi connectivity index (χ1) is 10.1. The maximum atomic E-state index is 11.6. The number of carboxylic acids is 1. The number of nitrogens with one attached hydrogen (secondary N) is 1. The molecule has 1 saturated heterocycles. The van der Waals surface area contributed by atoms with E-state index >= 15 is 0 Å². The number of carbonyl (C=O) groups is 2. The molecule has 21 heavy (non-hydrogen) atoms. The molecule has 0 bridgehead atoms. The molecule has 2 rings (SSSR count). The van der Waals surface area contributed by atoms with Gasteiger partial charge in [-0.25, -0.2) is 9.59 Å². The lowest BCUT2D eigenvalue weighted by molar-refractivity contribution is 0.0685. The van der Waals surface area contributed by atoms with Gasteiger partial charge in [0.1, 0.15) is 0 Å². The highest BCUT2D eigenvalue weighted by Gasteiger charge is 2.23. The third kappa shape index (κ3) is 4.19. The summed E-state index contributed by atoms with van der Waals surface area (Å²) >= 11 is 0. The van der Waals surface area contributed by atoms with Gasteiger partial charge in [-0.3, -0.25) is 0 Å². The Labute approximate surface area is 122 Å². The van der Waals surface area contributed by atoms with Crippen LogP contribution in [0.25, 0.3) is 0 Å². The Kier molecular flexibility index (Phi) is 5.15. The summed E-state index contributed by atoms with van der Waals surface area (Å²) in [5.41, 5.74) is -0.0936. The molecule has 0 spiro atoms. The van der Waals surface area contributed by atoms with Crippen LogP contribution in [0.15, 0.2) is 10.6 Å². The van der Waals surface area contributed by atoms with E-state index in [4.69, 9.17) is 14.4 Å². The lowest BCUT2D eigenvalue weighted by Crippen LogP contribution is -2.44. The van der Waals surface area contributed by atoms with Gasteiger partial charge in [-0.05, 0) is 19.8 Å². The summed E-state index contributed by atoms with van der Waals surface area (Å²) in [5.74, 6) is -0.618. The molecule has 1 amide bonds. The average molecular weight is 297 g/mol. The van der Waals surface area contributed by atoms with Crippen molar-refractivity contribution >= 4 is 12.1 Å². The standard InChI is InChI=1S/C13H19N3O5/c1-2-20-13(19)16-5-3-9(4-6-16)14-8-10-7-11(12(17)18)15-21-10/h7,9,14H,2-6,8H2,1H3,(H,17,18). The van der Waals surface area contributed by atoms with Crippen LogP contribution in [0.3, 0.4) is 0 Å². The normalized spacial score (nSPS) is 16.0. The molecule has 0 aromatic carbocycles. The molecule has 2 N–H and O–H groups in total. The van der Waals surface area contributed by atoms with Crippen LogP contribution in [-0.2, 0) is 11.3 Å². The highest BCUT2D eigenvalue weighted by molar-refractivity contribution is 5.85. The van der Waals surface area contributed by atoms with Gasteiger partial charge in [-0.1, -0.05) is 5.16 Å². The van der Waals surface area contributed by atoms with Gasteiger partial charge in [0.05, 0.1) is 13.2 Å². The van der Waals surface area contributed by atoms with Crippen LogP contribution in [0.2, 0.25) is 0 Å². The molecule has 116 valence electrons. The van der Waals surface area contributed by atoms with Crippen molar-refractivity contribution in [1.29, 1.82) is 0 Å². The van der Waals surface area contributed by atoms with Gasteiger partial charge in [0.2, 0.25) is 0 Å². The number of likely N-dealkylation sites (tertiary alicyclic amines) is 1. The van der Waals surface area contributed by atoms with E-state index in [0.29, 0.717) is 32.0 Å². The first-order valence-corrected chi connectivity index (χ1v) is 6.94. The molecule has 0 unspecified atom stereocenters. The zero-order valence-corrected chi connectivity index (χ0v) is 11.9. The minimum atomic E-state index is -1.10.